The van der Waals surface area contributed by atoms with Crippen LogP contribution in [0.3, 0.4) is 0 Å². The maximum Gasteiger partial charge on any atom is 0.328 e. The zero-order valence-electron chi connectivity index (χ0n) is 11.0. The van der Waals surface area contributed by atoms with Gasteiger partial charge in [0.2, 0.25) is 0 Å². The first-order chi connectivity index (χ1) is 8.24. The number of hydrogen-bond donors (Lipinski definition) is 1. The zero-order chi connectivity index (χ0) is 13.4. The molecule has 0 spiro atoms. The molecule has 96 valence electrons. The fourth-order valence-corrected chi connectivity index (χ4v) is 2.06. The summed E-state index contributed by atoms with van der Waals surface area (Å²) in [5, 5.41) is 1.79. The topological polar surface area (TPSA) is 54.9 Å². The molecule has 5 heteroatoms. The summed E-state index contributed by atoms with van der Waals surface area (Å²) in [6.07, 6.45) is 0. The first-order valence-corrected chi connectivity index (χ1v) is 6.82. The Morgan fingerprint density at radius 1 is 1.24 bits per heavy atom. The first kappa shape index (κ1) is 15.6. The van der Waals surface area contributed by atoms with Gasteiger partial charge in [-0.1, -0.05) is 27.7 Å². The third-order valence-electron chi connectivity index (χ3n) is 1.91. The summed E-state index contributed by atoms with van der Waals surface area (Å²) in [5.74, 6) is 0. The summed E-state index contributed by atoms with van der Waals surface area (Å²) in [7, 11) is 0. The first-order valence-electron chi connectivity index (χ1n) is 5.94. The highest BCUT2D eigenvalue weighted by atomic mass is 32.1. The average Bonchev–Trinajstić information content (AvgIpc) is 2.83. The van der Waals surface area contributed by atoms with Crippen LogP contribution in [-0.4, -0.2) is 9.55 Å². The minimum Gasteiger partial charge on any atom is -0.306 e. The molecular weight excluding hydrogens is 236 g/mol. The predicted octanol–water partition coefficient (Wildman–Crippen LogP) is 2.82. The maximum atomic E-state index is 11.6. The van der Waals surface area contributed by atoms with Crippen molar-refractivity contribution in [3.63, 3.8) is 0 Å². The van der Waals surface area contributed by atoms with E-state index in [1.807, 2.05) is 27.7 Å². The van der Waals surface area contributed by atoms with Crippen LogP contribution in [0.15, 0.2) is 21.0 Å². The quantitative estimate of drug-likeness (QED) is 0.853. The van der Waals surface area contributed by atoms with E-state index in [1.54, 1.807) is 18.4 Å². The maximum absolute atomic E-state index is 11.6. The van der Waals surface area contributed by atoms with Gasteiger partial charge in [0.25, 0.3) is 5.56 Å². The van der Waals surface area contributed by atoms with Gasteiger partial charge in [0.05, 0.1) is 5.52 Å². The van der Waals surface area contributed by atoms with Gasteiger partial charge >= 0.3 is 5.69 Å². The van der Waals surface area contributed by atoms with Crippen LogP contribution in [0.25, 0.3) is 10.2 Å². The number of H-pyrrole nitrogens is 1. The molecule has 0 amide bonds. The van der Waals surface area contributed by atoms with Gasteiger partial charge < -0.3 is 4.98 Å². The number of nitrogens with one attached hydrogen (secondary N) is 1. The molecule has 0 unspecified atom stereocenters. The molecule has 0 fully saturated rings. The second kappa shape index (κ2) is 7.84. The van der Waals surface area contributed by atoms with Crippen molar-refractivity contribution in [2.24, 2.45) is 0 Å². The molecule has 0 saturated carbocycles. The Labute approximate surface area is 105 Å². The number of thiophene rings is 1. The van der Waals surface area contributed by atoms with E-state index in [1.165, 1.54) is 15.9 Å². The second-order valence-corrected chi connectivity index (χ2v) is 3.56. The van der Waals surface area contributed by atoms with Gasteiger partial charge in [0, 0.05) is 6.54 Å². The SMILES string of the molecule is CC.CC.CCn1c(=O)[nH]c2ccsc2c1=O. The Hall–Kier alpha value is -1.36. The molecule has 2 heterocycles. The third-order valence-corrected chi connectivity index (χ3v) is 2.81. The fraction of sp³-hybridized carbons (Fsp3) is 0.500. The van der Waals surface area contributed by atoms with E-state index >= 15 is 0 Å². The van der Waals surface area contributed by atoms with Crippen molar-refractivity contribution < 1.29 is 0 Å². The molecule has 0 atom stereocenters. The van der Waals surface area contributed by atoms with Crippen LogP contribution in [0, 0.1) is 0 Å². The van der Waals surface area contributed by atoms with Gasteiger partial charge in [-0.25, -0.2) is 4.79 Å². The van der Waals surface area contributed by atoms with E-state index in [9.17, 15) is 9.59 Å². The van der Waals surface area contributed by atoms with Crippen LogP contribution in [0.5, 0.6) is 0 Å². The summed E-state index contributed by atoms with van der Waals surface area (Å²) < 4.78 is 1.81. The molecule has 2 aromatic heterocycles. The van der Waals surface area contributed by atoms with Gasteiger partial charge in [-0.05, 0) is 18.4 Å². The molecule has 0 aliphatic heterocycles. The highest BCUT2D eigenvalue weighted by molar-refractivity contribution is 7.17. The van der Waals surface area contributed by atoms with Crippen LogP contribution in [0.1, 0.15) is 34.6 Å². The van der Waals surface area contributed by atoms with Gasteiger partial charge in [-0.2, -0.15) is 0 Å². The van der Waals surface area contributed by atoms with Crippen LogP contribution in [0.2, 0.25) is 0 Å². The van der Waals surface area contributed by atoms with Gasteiger partial charge in [-0.15, -0.1) is 11.3 Å². The van der Waals surface area contributed by atoms with E-state index < -0.39 is 0 Å². The molecular formula is C12H20N2O2S. The van der Waals surface area contributed by atoms with Crippen molar-refractivity contribution in [2.45, 2.75) is 41.2 Å². The Morgan fingerprint density at radius 2 is 1.82 bits per heavy atom. The molecule has 0 aliphatic rings. The Morgan fingerprint density at radius 3 is 2.35 bits per heavy atom. The molecule has 0 radical (unpaired) electrons. The Bertz CT molecular complexity index is 551. The van der Waals surface area contributed by atoms with Crippen LogP contribution < -0.4 is 11.2 Å². The third kappa shape index (κ3) is 3.30. The van der Waals surface area contributed by atoms with E-state index in [0.29, 0.717) is 16.8 Å². The largest absolute Gasteiger partial charge is 0.328 e. The fourth-order valence-electron chi connectivity index (χ4n) is 1.26. The van der Waals surface area contributed by atoms with Gasteiger partial charge in [-0.3, -0.25) is 9.36 Å². The van der Waals surface area contributed by atoms with Crippen molar-refractivity contribution in [2.75, 3.05) is 0 Å². The van der Waals surface area contributed by atoms with Crippen molar-refractivity contribution in [1.29, 1.82) is 0 Å². The van der Waals surface area contributed by atoms with Crippen molar-refractivity contribution in [3.8, 4) is 0 Å². The normalized spacial score (nSPS) is 9.00. The lowest BCUT2D eigenvalue weighted by atomic mass is 10.4. The summed E-state index contributed by atoms with van der Waals surface area (Å²) in [4.78, 5) is 25.5. The number of aromatic amines is 1. The lowest BCUT2D eigenvalue weighted by Gasteiger charge is -1.98. The second-order valence-electron chi connectivity index (χ2n) is 2.64. The molecule has 2 aromatic rings. The summed E-state index contributed by atoms with van der Waals surface area (Å²) >= 11 is 1.35. The van der Waals surface area contributed by atoms with Gasteiger partial charge in [0.1, 0.15) is 4.70 Å². The summed E-state index contributed by atoms with van der Waals surface area (Å²) in [6.45, 7) is 10.2. The van der Waals surface area contributed by atoms with Crippen molar-refractivity contribution in [1.82, 2.24) is 9.55 Å². The standard InChI is InChI=1S/C8H8N2O2S.2C2H6/c1-2-10-7(11)6-5(3-4-13-6)9-8(10)12;2*1-2/h3-4H,2H2,1H3,(H,9,12);2*1-2H3. The minimum atomic E-state index is -0.335. The Balaban J connectivity index is 0.000000581. The number of fused-ring (bicyclic) bond motifs is 1. The number of nitrogens with zero attached hydrogens (tertiary/aromatic N) is 1. The highest BCUT2D eigenvalue weighted by Gasteiger charge is 2.05. The van der Waals surface area contributed by atoms with Crippen molar-refractivity contribution in [3.05, 3.63) is 32.3 Å². The molecule has 4 nitrogen and oxygen atoms in total. The molecule has 17 heavy (non-hydrogen) atoms. The van der Waals surface area contributed by atoms with E-state index in [0.717, 1.165) is 0 Å². The van der Waals surface area contributed by atoms with Crippen LogP contribution >= 0.6 is 11.3 Å². The smallest absolute Gasteiger partial charge is 0.306 e. The molecule has 0 bridgehead atoms. The lowest BCUT2D eigenvalue weighted by Crippen LogP contribution is -2.33. The molecule has 0 aliphatic carbocycles. The molecule has 0 saturated heterocycles. The molecule has 2 rings (SSSR count). The average molecular weight is 256 g/mol. The number of aromatic nitrogens is 2. The Kier molecular flexibility index (Phi) is 7.21. The predicted molar refractivity (Wildman–Crippen MR) is 75.1 cm³/mol. The van der Waals surface area contributed by atoms with Crippen LogP contribution in [-0.2, 0) is 6.54 Å². The summed E-state index contributed by atoms with van der Waals surface area (Å²) in [6, 6.07) is 1.74. The van der Waals surface area contributed by atoms with Crippen LogP contribution in [0.4, 0.5) is 0 Å². The van der Waals surface area contributed by atoms with E-state index in [-0.39, 0.29) is 11.2 Å². The number of rotatable bonds is 1. The lowest BCUT2D eigenvalue weighted by molar-refractivity contribution is 0.685. The minimum absolute atomic E-state index is 0.198. The van der Waals surface area contributed by atoms with E-state index in [4.69, 9.17) is 0 Å². The van der Waals surface area contributed by atoms with E-state index in [2.05, 4.69) is 4.98 Å². The highest BCUT2D eigenvalue weighted by Crippen LogP contribution is 2.11. The van der Waals surface area contributed by atoms with Gasteiger partial charge in [0.15, 0.2) is 0 Å². The molecule has 0 aromatic carbocycles. The molecule has 1 N–H and O–H groups in total. The summed E-state index contributed by atoms with van der Waals surface area (Å²) in [5.41, 5.74) is 0.0966. The zero-order valence-corrected chi connectivity index (χ0v) is 11.9. The monoisotopic (exact) mass is 256 g/mol. The van der Waals surface area contributed by atoms with Crippen molar-refractivity contribution >= 4 is 21.6 Å². The number of hydrogen-bond acceptors (Lipinski definition) is 3.